The summed E-state index contributed by atoms with van der Waals surface area (Å²) < 4.78 is 5.97. The number of carbonyl (C=O) groups excluding carboxylic acids is 3. The van der Waals surface area contributed by atoms with E-state index in [0.29, 0.717) is 56.1 Å². The van der Waals surface area contributed by atoms with Crippen molar-refractivity contribution in [1.82, 2.24) is 20.4 Å². The van der Waals surface area contributed by atoms with Crippen molar-refractivity contribution < 1.29 is 24.2 Å². The monoisotopic (exact) mass is 660 g/mol. The van der Waals surface area contributed by atoms with Crippen LogP contribution in [0.1, 0.15) is 66.4 Å². The second-order valence-electron chi connectivity index (χ2n) is 12.9. The van der Waals surface area contributed by atoms with Crippen LogP contribution in [0.25, 0.3) is 0 Å². The van der Waals surface area contributed by atoms with Crippen LogP contribution in [0.4, 0.5) is 0 Å². The number of rotatable bonds is 9. The van der Waals surface area contributed by atoms with Crippen LogP contribution in [-0.2, 0) is 22.7 Å². The molecule has 0 unspecified atom stereocenters. The van der Waals surface area contributed by atoms with E-state index in [-0.39, 0.29) is 36.0 Å². The molecule has 1 spiro atoms. The summed E-state index contributed by atoms with van der Waals surface area (Å²) in [7, 11) is 1.60. The first-order valence-electron chi connectivity index (χ1n) is 16.5. The maximum absolute atomic E-state index is 14.1. The highest BCUT2D eigenvalue weighted by atomic mass is 35.5. The molecule has 6 rings (SSSR count). The highest BCUT2D eigenvalue weighted by molar-refractivity contribution is 6.00. The summed E-state index contributed by atoms with van der Waals surface area (Å²) in [4.78, 5) is 44.0. The van der Waals surface area contributed by atoms with E-state index in [1.165, 1.54) is 0 Å². The van der Waals surface area contributed by atoms with E-state index in [1.807, 2.05) is 54.6 Å². The molecular weight excluding hydrogens is 616 g/mol. The molecule has 0 radical (unpaired) electrons. The average Bonchev–Trinajstić information content (AvgIpc) is 3.10. The highest BCUT2D eigenvalue weighted by Gasteiger charge is 2.55. The van der Waals surface area contributed by atoms with Crippen molar-refractivity contribution in [2.45, 2.75) is 75.7 Å². The number of piperazine rings is 1. The van der Waals surface area contributed by atoms with Crippen molar-refractivity contribution in [3.63, 3.8) is 0 Å². The number of aliphatic hydroxyl groups excluding tert-OH is 1. The van der Waals surface area contributed by atoms with Gasteiger partial charge in [0.25, 0.3) is 5.91 Å². The second kappa shape index (κ2) is 15.3. The van der Waals surface area contributed by atoms with Crippen LogP contribution < -0.4 is 15.4 Å². The Balaban J connectivity index is 0.00000433. The molecule has 1 saturated carbocycles. The standard InChI is InChI=1S/C37H44N4O5.ClH/c1-38-34(43)29-14-18-31(19-15-29)46-30-16-12-27(13-17-30)24-40-22-20-37(21-23-40)36(45)39-32(33(42)28-10-6-3-7-11-28)35(44)41(37)25-26-8-4-2-5-9-26;/h2,4-5,8-9,12-19,28,32-33,42H,3,6-7,10-11,20-25H2,1H3,(H,38,43)(H,39,45);1H/t32-,33-;/m1./s1. The zero-order chi connectivity index (χ0) is 32.1. The van der Waals surface area contributed by atoms with Gasteiger partial charge >= 0.3 is 0 Å². The van der Waals surface area contributed by atoms with Gasteiger partial charge in [0, 0.05) is 38.8 Å². The molecule has 2 saturated heterocycles. The lowest BCUT2D eigenvalue weighted by atomic mass is 9.77. The number of halogens is 1. The van der Waals surface area contributed by atoms with Crippen molar-refractivity contribution in [3.05, 3.63) is 95.6 Å². The van der Waals surface area contributed by atoms with Gasteiger partial charge in [0.2, 0.25) is 11.8 Å². The van der Waals surface area contributed by atoms with Crippen molar-refractivity contribution in [2.75, 3.05) is 20.1 Å². The summed E-state index contributed by atoms with van der Waals surface area (Å²) in [6.45, 7) is 2.39. The molecule has 1 aliphatic carbocycles. The smallest absolute Gasteiger partial charge is 0.251 e. The third-order valence-corrected chi connectivity index (χ3v) is 10.0. The Morgan fingerprint density at radius 2 is 1.49 bits per heavy atom. The van der Waals surface area contributed by atoms with Gasteiger partial charge in [-0.05, 0) is 79.1 Å². The van der Waals surface area contributed by atoms with Gasteiger partial charge in [-0.1, -0.05) is 61.7 Å². The molecule has 3 N–H and O–H groups in total. The third kappa shape index (κ3) is 7.64. The SMILES string of the molecule is CNC(=O)c1ccc(Oc2ccc(CN3CCC4(CC3)C(=O)N[C@H]([C@H](O)C3CCCCC3)C(=O)N4Cc3ccccc3)cc2)cc1.Cl. The Hall–Kier alpha value is -3.92. The Kier molecular flexibility index (Phi) is 11.2. The van der Waals surface area contributed by atoms with E-state index in [4.69, 9.17) is 4.74 Å². The number of hydrogen-bond acceptors (Lipinski definition) is 6. The van der Waals surface area contributed by atoms with Gasteiger partial charge in [-0.15, -0.1) is 12.4 Å². The molecule has 2 atom stereocenters. The number of nitrogens with zero attached hydrogens (tertiary/aromatic N) is 2. The third-order valence-electron chi connectivity index (χ3n) is 10.0. The molecule has 2 aliphatic heterocycles. The molecule has 3 amide bonds. The van der Waals surface area contributed by atoms with Crippen LogP contribution >= 0.6 is 12.4 Å². The predicted octanol–water partition coefficient (Wildman–Crippen LogP) is 5.06. The molecule has 2 heterocycles. The Bertz CT molecular complexity index is 1500. The minimum atomic E-state index is -0.947. The van der Waals surface area contributed by atoms with E-state index in [1.54, 1.807) is 36.2 Å². The van der Waals surface area contributed by atoms with E-state index in [9.17, 15) is 19.5 Å². The molecule has 250 valence electrons. The fraction of sp³-hybridized carbons (Fsp3) is 0.432. The van der Waals surface area contributed by atoms with Crippen molar-refractivity contribution >= 4 is 30.1 Å². The van der Waals surface area contributed by atoms with Crippen LogP contribution in [0.2, 0.25) is 0 Å². The predicted molar refractivity (Wildman–Crippen MR) is 182 cm³/mol. The van der Waals surface area contributed by atoms with E-state index in [2.05, 4.69) is 15.5 Å². The molecule has 0 aromatic heterocycles. The molecule has 3 aromatic carbocycles. The van der Waals surface area contributed by atoms with Crippen LogP contribution in [0.15, 0.2) is 78.9 Å². The van der Waals surface area contributed by atoms with E-state index in [0.717, 1.165) is 43.2 Å². The summed E-state index contributed by atoms with van der Waals surface area (Å²) in [5, 5.41) is 16.9. The van der Waals surface area contributed by atoms with Crippen molar-refractivity contribution in [2.24, 2.45) is 5.92 Å². The number of likely N-dealkylation sites (tertiary alicyclic amines) is 1. The Morgan fingerprint density at radius 3 is 2.11 bits per heavy atom. The first-order chi connectivity index (χ1) is 22.4. The van der Waals surface area contributed by atoms with Crippen LogP contribution in [0.5, 0.6) is 11.5 Å². The maximum atomic E-state index is 14.1. The molecule has 3 fully saturated rings. The molecule has 10 heteroatoms. The van der Waals surface area contributed by atoms with Crippen molar-refractivity contribution in [1.29, 1.82) is 0 Å². The highest BCUT2D eigenvalue weighted by Crippen LogP contribution is 2.37. The fourth-order valence-corrected chi connectivity index (χ4v) is 7.27. The average molecular weight is 661 g/mol. The summed E-state index contributed by atoms with van der Waals surface area (Å²) >= 11 is 0. The topological polar surface area (TPSA) is 111 Å². The number of nitrogens with one attached hydrogen (secondary N) is 2. The zero-order valence-electron chi connectivity index (χ0n) is 26.9. The number of piperidine rings is 1. The van der Waals surface area contributed by atoms with Crippen molar-refractivity contribution in [3.8, 4) is 11.5 Å². The maximum Gasteiger partial charge on any atom is 0.251 e. The Labute approximate surface area is 283 Å². The van der Waals surface area contributed by atoms with E-state index < -0.39 is 17.7 Å². The summed E-state index contributed by atoms with van der Waals surface area (Å²) in [5.41, 5.74) is 1.72. The van der Waals surface area contributed by atoms with E-state index >= 15 is 0 Å². The molecular formula is C37H45ClN4O5. The first-order valence-corrected chi connectivity index (χ1v) is 16.5. The molecule has 47 heavy (non-hydrogen) atoms. The van der Waals surface area contributed by atoms with Gasteiger partial charge < -0.3 is 25.4 Å². The van der Waals surface area contributed by atoms with Gasteiger partial charge in [-0.25, -0.2) is 0 Å². The zero-order valence-corrected chi connectivity index (χ0v) is 27.7. The summed E-state index contributed by atoms with van der Waals surface area (Å²) in [6, 6.07) is 23.9. The number of ether oxygens (including phenoxy) is 1. The van der Waals surface area contributed by atoms with Crippen LogP contribution in [-0.4, -0.2) is 70.4 Å². The van der Waals surface area contributed by atoms with Gasteiger partial charge in [0.15, 0.2) is 0 Å². The quantitative estimate of drug-likeness (QED) is 0.296. The van der Waals surface area contributed by atoms with Gasteiger partial charge in [-0.3, -0.25) is 19.3 Å². The summed E-state index contributed by atoms with van der Waals surface area (Å²) in [5.74, 6) is 0.922. The molecule has 3 aromatic rings. The van der Waals surface area contributed by atoms with Gasteiger partial charge in [0.05, 0.1) is 6.10 Å². The molecule has 0 bridgehead atoms. The number of benzene rings is 3. The summed E-state index contributed by atoms with van der Waals surface area (Å²) in [6.07, 6.45) is 5.21. The Morgan fingerprint density at radius 1 is 0.894 bits per heavy atom. The lowest BCUT2D eigenvalue weighted by molar-refractivity contribution is -0.167. The fourth-order valence-electron chi connectivity index (χ4n) is 7.27. The minimum absolute atomic E-state index is 0. The molecule has 3 aliphatic rings. The van der Waals surface area contributed by atoms with Crippen LogP contribution in [0.3, 0.4) is 0 Å². The normalized spacial score (nSPS) is 20.6. The first kappa shape index (κ1) is 34.4. The number of amides is 3. The van der Waals surface area contributed by atoms with Crippen LogP contribution in [0, 0.1) is 5.92 Å². The van der Waals surface area contributed by atoms with Gasteiger partial charge in [0.1, 0.15) is 23.1 Å². The number of aliphatic hydroxyl groups is 1. The largest absolute Gasteiger partial charge is 0.457 e. The number of carbonyl (C=O) groups is 3. The lowest BCUT2D eigenvalue weighted by Crippen LogP contribution is -2.74. The van der Waals surface area contributed by atoms with Gasteiger partial charge in [-0.2, -0.15) is 0 Å². The lowest BCUT2D eigenvalue weighted by Gasteiger charge is -2.52. The number of hydrogen-bond donors (Lipinski definition) is 3. The molecule has 9 nitrogen and oxygen atoms in total. The minimum Gasteiger partial charge on any atom is -0.457 e. The second-order valence-corrected chi connectivity index (χ2v) is 12.9.